The average molecular weight is 268 g/mol. The van der Waals surface area contributed by atoms with Gasteiger partial charge in [0.1, 0.15) is 0 Å². The minimum Gasteiger partial charge on any atom is -0.381 e. The lowest BCUT2D eigenvalue weighted by Gasteiger charge is -2.34. The van der Waals surface area contributed by atoms with Crippen molar-refractivity contribution in [2.24, 2.45) is 11.8 Å². The fourth-order valence-electron chi connectivity index (χ4n) is 3.52. The predicted molar refractivity (Wildman–Crippen MR) is 86.1 cm³/mol. The SMILES string of the molecule is Cc1ccc(NC2CCC(C)CC2C)c2cccnc12. The van der Waals surface area contributed by atoms with Crippen LogP contribution in [0.15, 0.2) is 30.5 Å². The lowest BCUT2D eigenvalue weighted by molar-refractivity contribution is 0.276. The average Bonchev–Trinajstić information content (AvgIpc) is 2.45. The summed E-state index contributed by atoms with van der Waals surface area (Å²) in [6.45, 7) is 6.88. The van der Waals surface area contributed by atoms with Gasteiger partial charge in [-0.3, -0.25) is 4.98 Å². The van der Waals surface area contributed by atoms with Crippen molar-refractivity contribution in [3.63, 3.8) is 0 Å². The molecule has 0 bridgehead atoms. The molecule has 20 heavy (non-hydrogen) atoms. The summed E-state index contributed by atoms with van der Waals surface area (Å²) in [5.41, 5.74) is 3.61. The number of anilines is 1. The molecule has 0 radical (unpaired) electrons. The number of nitrogens with one attached hydrogen (secondary N) is 1. The van der Waals surface area contributed by atoms with Crippen LogP contribution in [0.2, 0.25) is 0 Å². The predicted octanol–water partition coefficient (Wildman–Crippen LogP) is 4.78. The summed E-state index contributed by atoms with van der Waals surface area (Å²) in [7, 11) is 0. The van der Waals surface area contributed by atoms with Crippen molar-refractivity contribution in [2.45, 2.75) is 46.1 Å². The lowest BCUT2D eigenvalue weighted by Crippen LogP contribution is -2.33. The second-order valence-electron chi connectivity index (χ2n) is 6.48. The van der Waals surface area contributed by atoms with Crippen LogP contribution in [0.4, 0.5) is 5.69 Å². The van der Waals surface area contributed by atoms with Crippen LogP contribution in [0.3, 0.4) is 0 Å². The molecule has 0 amide bonds. The zero-order valence-electron chi connectivity index (χ0n) is 12.7. The van der Waals surface area contributed by atoms with E-state index in [1.807, 2.05) is 12.3 Å². The molecule has 3 unspecified atom stereocenters. The zero-order chi connectivity index (χ0) is 14.1. The third-order valence-electron chi connectivity index (χ3n) is 4.74. The Balaban J connectivity index is 1.90. The molecule has 0 spiro atoms. The Morgan fingerprint density at radius 3 is 2.80 bits per heavy atom. The molecule has 1 saturated carbocycles. The van der Waals surface area contributed by atoms with Crippen LogP contribution < -0.4 is 5.32 Å². The third kappa shape index (κ3) is 2.52. The van der Waals surface area contributed by atoms with Crippen LogP contribution in [0.5, 0.6) is 0 Å². The van der Waals surface area contributed by atoms with Crippen LogP contribution in [0.1, 0.15) is 38.7 Å². The number of aromatic nitrogens is 1. The van der Waals surface area contributed by atoms with Gasteiger partial charge in [-0.1, -0.05) is 19.9 Å². The van der Waals surface area contributed by atoms with Crippen molar-refractivity contribution in [3.8, 4) is 0 Å². The Kier molecular flexibility index (Phi) is 3.64. The molecule has 2 nitrogen and oxygen atoms in total. The van der Waals surface area contributed by atoms with Crippen molar-refractivity contribution in [3.05, 3.63) is 36.0 Å². The van der Waals surface area contributed by atoms with Crippen molar-refractivity contribution in [1.29, 1.82) is 0 Å². The summed E-state index contributed by atoms with van der Waals surface area (Å²) in [4.78, 5) is 4.53. The molecule has 2 aromatic rings. The molecule has 1 N–H and O–H groups in total. The molecule has 1 aliphatic rings. The van der Waals surface area contributed by atoms with E-state index in [1.165, 1.54) is 35.9 Å². The number of hydrogen-bond acceptors (Lipinski definition) is 2. The highest BCUT2D eigenvalue weighted by Crippen LogP contribution is 2.33. The van der Waals surface area contributed by atoms with Crippen molar-refractivity contribution in [2.75, 3.05) is 5.32 Å². The van der Waals surface area contributed by atoms with E-state index in [-0.39, 0.29) is 0 Å². The van der Waals surface area contributed by atoms with Crippen LogP contribution >= 0.6 is 0 Å². The number of benzene rings is 1. The molecule has 106 valence electrons. The van der Waals surface area contributed by atoms with Crippen molar-refractivity contribution < 1.29 is 0 Å². The van der Waals surface area contributed by atoms with Gasteiger partial charge in [-0.25, -0.2) is 0 Å². The molecule has 1 aliphatic carbocycles. The monoisotopic (exact) mass is 268 g/mol. The molecular formula is C18H24N2. The van der Waals surface area contributed by atoms with Gasteiger partial charge in [0.05, 0.1) is 5.52 Å². The Bertz CT molecular complexity index is 605. The second-order valence-corrected chi connectivity index (χ2v) is 6.48. The molecule has 3 rings (SSSR count). The molecule has 1 fully saturated rings. The topological polar surface area (TPSA) is 24.9 Å². The van der Waals surface area contributed by atoms with Gasteiger partial charge in [-0.05, 0) is 61.8 Å². The lowest BCUT2D eigenvalue weighted by atomic mass is 9.80. The van der Waals surface area contributed by atoms with Gasteiger partial charge in [0, 0.05) is 23.3 Å². The molecule has 1 aromatic heterocycles. The van der Waals surface area contributed by atoms with Gasteiger partial charge in [-0.2, -0.15) is 0 Å². The summed E-state index contributed by atoms with van der Waals surface area (Å²) < 4.78 is 0. The second kappa shape index (κ2) is 5.43. The maximum Gasteiger partial charge on any atom is 0.0751 e. The maximum atomic E-state index is 4.53. The van der Waals surface area contributed by atoms with E-state index in [9.17, 15) is 0 Å². The largest absolute Gasteiger partial charge is 0.381 e. The first-order valence-corrected chi connectivity index (χ1v) is 7.76. The van der Waals surface area contributed by atoms with Crippen LogP contribution in [-0.4, -0.2) is 11.0 Å². The Labute approximate surface area is 121 Å². The van der Waals surface area contributed by atoms with Crippen molar-refractivity contribution in [1.82, 2.24) is 4.98 Å². The molecule has 1 aromatic carbocycles. The van der Waals surface area contributed by atoms with Crippen LogP contribution in [0, 0.1) is 18.8 Å². The molecule has 1 heterocycles. The van der Waals surface area contributed by atoms with Gasteiger partial charge in [0.25, 0.3) is 0 Å². The number of pyridine rings is 1. The Morgan fingerprint density at radius 1 is 1.15 bits per heavy atom. The summed E-state index contributed by atoms with van der Waals surface area (Å²) >= 11 is 0. The standard InChI is InChI=1S/C18H24N2/c1-12-6-8-16(14(3)11-12)20-17-9-7-13(2)18-15(17)5-4-10-19-18/h4-5,7,9-10,12,14,16,20H,6,8,11H2,1-3H3. The van der Waals surface area contributed by atoms with Gasteiger partial charge in [0.2, 0.25) is 0 Å². The molecule has 0 saturated heterocycles. The van der Waals surface area contributed by atoms with Gasteiger partial charge in [-0.15, -0.1) is 0 Å². The Morgan fingerprint density at radius 2 is 2.00 bits per heavy atom. The third-order valence-corrected chi connectivity index (χ3v) is 4.74. The number of nitrogens with zero attached hydrogens (tertiary/aromatic N) is 1. The molecule has 0 aliphatic heterocycles. The number of rotatable bonds is 2. The minimum absolute atomic E-state index is 0.595. The summed E-state index contributed by atoms with van der Waals surface area (Å²) in [5.74, 6) is 1.62. The maximum absolute atomic E-state index is 4.53. The van der Waals surface area contributed by atoms with E-state index in [0.29, 0.717) is 6.04 Å². The Hall–Kier alpha value is -1.57. The smallest absolute Gasteiger partial charge is 0.0751 e. The van der Waals surface area contributed by atoms with E-state index >= 15 is 0 Å². The fraction of sp³-hybridized carbons (Fsp3) is 0.500. The van der Waals surface area contributed by atoms with Gasteiger partial charge >= 0.3 is 0 Å². The highest BCUT2D eigenvalue weighted by Gasteiger charge is 2.25. The highest BCUT2D eigenvalue weighted by atomic mass is 14.9. The van der Waals surface area contributed by atoms with E-state index in [0.717, 1.165) is 17.4 Å². The van der Waals surface area contributed by atoms with E-state index in [2.05, 4.69) is 49.3 Å². The first-order chi connectivity index (χ1) is 9.65. The van der Waals surface area contributed by atoms with Crippen LogP contribution in [0.25, 0.3) is 10.9 Å². The first kappa shape index (κ1) is 13.4. The summed E-state index contributed by atoms with van der Waals surface area (Å²) in [6, 6.07) is 9.18. The van der Waals surface area contributed by atoms with E-state index < -0.39 is 0 Å². The number of hydrogen-bond donors (Lipinski definition) is 1. The molecule has 2 heteroatoms. The van der Waals surface area contributed by atoms with E-state index in [4.69, 9.17) is 0 Å². The van der Waals surface area contributed by atoms with E-state index in [1.54, 1.807) is 0 Å². The fourth-order valence-corrected chi connectivity index (χ4v) is 3.52. The zero-order valence-corrected chi connectivity index (χ0v) is 12.7. The quantitative estimate of drug-likeness (QED) is 0.847. The highest BCUT2D eigenvalue weighted by molar-refractivity contribution is 5.93. The summed E-state index contributed by atoms with van der Waals surface area (Å²) in [5, 5.41) is 5.03. The minimum atomic E-state index is 0.595. The van der Waals surface area contributed by atoms with Crippen LogP contribution in [-0.2, 0) is 0 Å². The van der Waals surface area contributed by atoms with Gasteiger partial charge < -0.3 is 5.32 Å². The van der Waals surface area contributed by atoms with Crippen molar-refractivity contribution >= 4 is 16.6 Å². The molecule has 3 atom stereocenters. The summed E-state index contributed by atoms with van der Waals surface area (Å²) in [6.07, 6.45) is 5.83. The first-order valence-electron chi connectivity index (χ1n) is 7.76. The number of aryl methyl sites for hydroxylation is 1. The normalized spacial score (nSPS) is 26.6. The molecular weight excluding hydrogens is 244 g/mol. The number of fused-ring (bicyclic) bond motifs is 1. The van der Waals surface area contributed by atoms with Gasteiger partial charge in [0.15, 0.2) is 0 Å².